The van der Waals surface area contributed by atoms with Crippen molar-refractivity contribution in [2.75, 3.05) is 19.6 Å². The van der Waals surface area contributed by atoms with Gasteiger partial charge < -0.3 is 4.90 Å². The standard InChI is InChI=1S/C14H17N5/c1-5-15-6-2-11(1)13-9-19(17-16-13)14-10-18-7-3-12(14)4-8-18/h1-2,5-6,9,12,14H,3-4,7-8,10H2/t14-/m0/s1. The number of aromatic nitrogens is 4. The number of fused-ring (bicyclic) bond motifs is 3. The highest BCUT2D eigenvalue weighted by Crippen LogP contribution is 2.35. The van der Waals surface area contributed by atoms with Gasteiger partial charge in [0.05, 0.1) is 12.2 Å². The minimum Gasteiger partial charge on any atom is -0.301 e. The third-order valence-electron chi connectivity index (χ3n) is 4.45. The Morgan fingerprint density at radius 1 is 1.11 bits per heavy atom. The number of nitrogens with zero attached hydrogens (tertiary/aromatic N) is 5. The monoisotopic (exact) mass is 255 g/mol. The summed E-state index contributed by atoms with van der Waals surface area (Å²) in [7, 11) is 0. The minimum atomic E-state index is 0.505. The molecule has 3 aliphatic rings. The first-order valence-corrected chi connectivity index (χ1v) is 6.95. The van der Waals surface area contributed by atoms with Crippen molar-refractivity contribution in [3.05, 3.63) is 30.7 Å². The van der Waals surface area contributed by atoms with E-state index >= 15 is 0 Å². The van der Waals surface area contributed by atoms with Crippen molar-refractivity contribution >= 4 is 0 Å². The van der Waals surface area contributed by atoms with Crippen LogP contribution in [0.2, 0.25) is 0 Å². The van der Waals surface area contributed by atoms with Crippen molar-refractivity contribution in [2.45, 2.75) is 18.9 Å². The smallest absolute Gasteiger partial charge is 0.113 e. The molecule has 0 radical (unpaired) electrons. The molecule has 0 aliphatic carbocycles. The maximum atomic E-state index is 4.35. The van der Waals surface area contributed by atoms with Gasteiger partial charge in [0, 0.05) is 24.5 Å². The number of hydrogen-bond acceptors (Lipinski definition) is 4. The van der Waals surface area contributed by atoms with Crippen LogP contribution in [0.4, 0.5) is 0 Å². The van der Waals surface area contributed by atoms with Crippen LogP contribution in [0.15, 0.2) is 30.7 Å². The van der Waals surface area contributed by atoms with Crippen LogP contribution in [-0.2, 0) is 0 Å². The first kappa shape index (κ1) is 11.1. The summed E-state index contributed by atoms with van der Waals surface area (Å²) in [5.41, 5.74) is 2.03. The van der Waals surface area contributed by atoms with Crippen molar-refractivity contribution < 1.29 is 0 Å². The van der Waals surface area contributed by atoms with Gasteiger partial charge in [-0.1, -0.05) is 5.21 Å². The minimum absolute atomic E-state index is 0.505. The molecule has 2 aromatic rings. The molecule has 0 saturated carbocycles. The molecule has 2 aromatic heterocycles. The normalized spacial score (nSPS) is 29.6. The molecule has 3 saturated heterocycles. The predicted molar refractivity (Wildman–Crippen MR) is 71.5 cm³/mol. The van der Waals surface area contributed by atoms with Gasteiger partial charge in [-0.05, 0) is 44.0 Å². The lowest BCUT2D eigenvalue weighted by atomic mass is 9.84. The first-order chi connectivity index (χ1) is 9.40. The van der Waals surface area contributed by atoms with Gasteiger partial charge in [-0.2, -0.15) is 0 Å². The first-order valence-electron chi connectivity index (χ1n) is 6.95. The van der Waals surface area contributed by atoms with Gasteiger partial charge in [-0.3, -0.25) is 4.98 Å². The quantitative estimate of drug-likeness (QED) is 0.818. The van der Waals surface area contributed by atoms with Crippen LogP contribution in [0.5, 0.6) is 0 Å². The van der Waals surface area contributed by atoms with Crippen LogP contribution >= 0.6 is 0 Å². The molecule has 0 aromatic carbocycles. The number of rotatable bonds is 2. The summed E-state index contributed by atoms with van der Waals surface area (Å²) in [6, 6.07) is 4.46. The van der Waals surface area contributed by atoms with Crippen LogP contribution in [0.1, 0.15) is 18.9 Å². The maximum absolute atomic E-state index is 4.35. The molecular weight excluding hydrogens is 238 g/mol. The van der Waals surface area contributed by atoms with Crippen LogP contribution in [-0.4, -0.2) is 44.5 Å². The van der Waals surface area contributed by atoms with E-state index in [1.54, 1.807) is 12.4 Å². The zero-order valence-electron chi connectivity index (χ0n) is 10.8. The van der Waals surface area contributed by atoms with Crippen molar-refractivity contribution in [3.8, 4) is 11.3 Å². The van der Waals surface area contributed by atoms with E-state index in [0.717, 1.165) is 23.7 Å². The molecule has 1 atom stereocenters. The topological polar surface area (TPSA) is 46.8 Å². The van der Waals surface area contributed by atoms with E-state index < -0.39 is 0 Å². The van der Waals surface area contributed by atoms with Gasteiger partial charge in [-0.15, -0.1) is 5.10 Å². The van der Waals surface area contributed by atoms with Crippen molar-refractivity contribution in [2.24, 2.45) is 5.92 Å². The molecule has 19 heavy (non-hydrogen) atoms. The predicted octanol–water partition coefficient (Wildman–Crippen LogP) is 1.61. The Kier molecular flexibility index (Phi) is 2.58. The Labute approximate surface area is 112 Å². The highest BCUT2D eigenvalue weighted by molar-refractivity contribution is 5.56. The van der Waals surface area contributed by atoms with Gasteiger partial charge in [0.1, 0.15) is 5.69 Å². The van der Waals surface area contributed by atoms with E-state index in [1.807, 2.05) is 12.1 Å². The largest absolute Gasteiger partial charge is 0.301 e. The number of pyridine rings is 1. The van der Waals surface area contributed by atoms with E-state index in [2.05, 4.69) is 31.1 Å². The molecule has 0 spiro atoms. The zero-order chi connectivity index (χ0) is 12.7. The highest BCUT2D eigenvalue weighted by Gasteiger charge is 2.35. The zero-order valence-corrected chi connectivity index (χ0v) is 10.8. The second-order valence-corrected chi connectivity index (χ2v) is 5.53. The molecule has 2 bridgehead atoms. The van der Waals surface area contributed by atoms with Gasteiger partial charge in [0.2, 0.25) is 0 Å². The fourth-order valence-corrected chi connectivity index (χ4v) is 3.33. The molecule has 0 amide bonds. The van der Waals surface area contributed by atoms with Crippen molar-refractivity contribution in [1.29, 1.82) is 0 Å². The van der Waals surface area contributed by atoms with Gasteiger partial charge in [-0.25, -0.2) is 4.68 Å². The van der Waals surface area contributed by atoms with Crippen LogP contribution in [0, 0.1) is 5.92 Å². The van der Waals surface area contributed by atoms with Crippen LogP contribution in [0.25, 0.3) is 11.3 Å². The van der Waals surface area contributed by atoms with E-state index in [9.17, 15) is 0 Å². The molecular formula is C14H17N5. The van der Waals surface area contributed by atoms with E-state index in [0.29, 0.717) is 6.04 Å². The fourth-order valence-electron chi connectivity index (χ4n) is 3.33. The molecule has 3 fully saturated rings. The molecule has 98 valence electrons. The lowest BCUT2D eigenvalue weighted by Crippen LogP contribution is -2.48. The Bertz CT molecular complexity index is 556. The van der Waals surface area contributed by atoms with E-state index in [-0.39, 0.29) is 0 Å². The summed E-state index contributed by atoms with van der Waals surface area (Å²) < 4.78 is 2.08. The van der Waals surface area contributed by atoms with Crippen LogP contribution in [0.3, 0.4) is 0 Å². The van der Waals surface area contributed by atoms with Gasteiger partial charge in [0.25, 0.3) is 0 Å². The Balaban J connectivity index is 1.62. The SMILES string of the molecule is c1cc(-c2cn([C@H]3CN4CCC3CC4)nn2)ccn1. The van der Waals surface area contributed by atoms with Crippen LogP contribution < -0.4 is 0 Å². The summed E-state index contributed by atoms with van der Waals surface area (Å²) in [6.07, 6.45) is 8.28. The summed E-state index contributed by atoms with van der Waals surface area (Å²) in [5, 5.41) is 8.67. The van der Waals surface area contributed by atoms with Crippen molar-refractivity contribution in [3.63, 3.8) is 0 Å². The average Bonchev–Trinajstić information content (AvgIpc) is 2.99. The molecule has 0 unspecified atom stereocenters. The third kappa shape index (κ3) is 1.94. The second kappa shape index (κ2) is 4.42. The molecule has 5 rings (SSSR count). The highest BCUT2D eigenvalue weighted by atomic mass is 15.4. The number of piperidine rings is 3. The van der Waals surface area contributed by atoms with E-state index in [1.165, 1.54) is 25.9 Å². The van der Waals surface area contributed by atoms with Gasteiger partial charge in [0.15, 0.2) is 0 Å². The third-order valence-corrected chi connectivity index (χ3v) is 4.45. The summed E-state index contributed by atoms with van der Waals surface area (Å²) >= 11 is 0. The molecule has 5 heterocycles. The average molecular weight is 255 g/mol. The molecule has 5 heteroatoms. The van der Waals surface area contributed by atoms with Crippen molar-refractivity contribution in [1.82, 2.24) is 24.9 Å². The Hall–Kier alpha value is -1.75. The van der Waals surface area contributed by atoms with E-state index in [4.69, 9.17) is 0 Å². The molecule has 5 nitrogen and oxygen atoms in total. The molecule has 3 aliphatic heterocycles. The molecule has 0 N–H and O–H groups in total. The number of hydrogen-bond donors (Lipinski definition) is 0. The second-order valence-electron chi connectivity index (χ2n) is 5.53. The Morgan fingerprint density at radius 3 is 2.58 bits per heavy atom. The fraction of sp³-hybridized carbons (Fsp3) is 0.500. The van der Waals surface area contributed by atoms with Gasteiger partial charge >= 0.3 is 0 Å². The summed E-state index contributed by atoms with van der Waals surface area (Å²) in [6.45, 7) is 3.64. The Morgan fingerprint density at radius 2 is 1.89 bits per heavy atom. The summed E-state index contributed by atoms with van der Waals surface area (Å²) in [5.74, 6) is 0.775. The lowest BCUT2D eigenvalue weighted by Gasteiger charge is -2.44. The summed E-state index contributed by atoms with van der Waals surface area (Å²) in [4.78, 5) is 6.58. The lowest BCUT2D eigenvalue weighted by molar-refractivity contribution is 0.0504. The maximum Gasteiger partial charge on any atom is 0.113 e.